The number of rotatable bonds is 2. The number of carbonyl (C=O) groups excluding carboxylic acids is 2. The van der Waals surface area contributed by atoms with Gasteiger partial charge in [-0.2, -0.15) is 0 Å². The smallest absolute Gasteiger partial charge is 0.251 e. The van der Waals surface area contributed by atoms with E-state index < -0.39 is 23.2 Å². The highest BCUT2D eigenvalue weighted by Gasteiger charge is 2.42. The quantitative estimate of drug-likeness (QED) is 0.765. The summed E-state index contributed by atoms with van der Waals surface area (Å²) in [5.74, 6) is -1.39. The van der Waals surface area contributed by atoms with Crippen LogP contribution in [0.2, 0.25) is 0 Å². The van der Waals surface area contributed by atoms with E-state index in [2.05, 4.69) is 5.32 Å². The molecule has 2 rings (SSSR count). The number of anilines is 1. The second-order valence-electron chi connectivity index (χ2n) is 4.97. The molecule has 2 amide bonds. The predicted octanol–water partition coefficient (Wildman–Crippen LogP) is 0.526. The minimum absolute atomic E-state index is 0.0767. The molecule has 0 spiro atoms. The number of piperazine rings is 1. The monoisotopic (exact) mass is 265 g/mol. The summed E-state index contributed by atoms with van der Waals surface area (Å²) in [5, 5.41) is 2.25. The molecule has 1 aromatic carbocycles. The van der Waals surface area contributed by atoms with Crippen molar-refractivity contribution < 1.29 is 14.0 Å². The highest BCUT2D eigenvalue weighted by Crippen LogP contribution is 2.31. The predicted molar refractivity (Wildman–Crippen MR) is 68.9 cm³/mol. The number of nitrogens with zero attached hydrogens (tertiary/aromatic N) is 1. The van der Waals surface area contributed by atoms with Gasteiger partial charge in [0.25, 0.3) is 5.91 Å². The Labute approximate surface area is 110 Å². The van der Waals surface area contributed by atoms with Crippen molar-refractivity contribution in [3.05, 3.63) is 29.6 Å². The Morgan fingerprint density at radius 1 is 1.42 bits per heavy atom. The standard InChI is InChI=1S/C13H16FN3O2/c1-13(2)12(19)16-10(18)7-17(13)11-8(6-15)4-3-5-9(11)14/h3-5H,6-7,15H2,1-2H3,(H,16,18,19). The molecule has 1 saturated heterocycles. The Morgan fingerprint density at radius 2 is 2.11 bits per heavy atom. The minimum atomic E-state index is -1.01. The average molecular weight is 265 g/mol. The van der Waals surface area contributed by atoms with E-state index in [1.807, 2.05) is 0 Å². The number of hydrogen-bond donors (Lipinski definition) is 2. The highest BCUT2D eigenvalue weighted by molar-refractivity contribution is 6.06. The van der Waals surface area contributed by atoms with Crippen molar-refractivity contribution in [2.75, 3.05) is 11.4 Å². The molecular weight excluding hydrogens is 249 g/mol. The Hall–Kier alpha value is -1.95. The van der Waals surface area contributed by atoms with Gasteiger partial charge in [0.2, 0.25) is 5.91 Å². The van der Waals surface area contributed by atoms with Crippen LogP contribution in [0.15, 0.2) is 18.2 Å². The second-order valence-corrected chi connectivity index (χ2v) is 4.97. The zero-order chi connectivity index (χ0) is 14.2. The second kappa shape index (κ2) is 4.62. The van der Waals surface area contributed by atoms with Crippen molar-refractivity contribution in [2.45, 2.75) is 25.9 Å². The minimum Gasteiger partial charge on any atom is -0.345 e. The number of benzene rings is 1. The summed E-state index contributed by atoms with van der Waals surface area (Å²) in [4.78, 5) is 24.9. The van der Waals surface area contributed by atoms with Crippen LogP contribution < -0.4 is 16.0 Å². The zero-order valence-corrected chi connectivity index (χ0v) is 10.9. The molecule has 0 radical (unpaired) electrons. The first-order valence-corrected chi connectivity index (χ1v) is 5.97. The molecule has 0 saturated carbocycles. The summed E-state index contributed by atoms with van der Waals surface area (Å²) in [6.07, 6.45) is 0. The molecule has 0 atom stereocenters. The van der Waals surface area contributed by atoms with Crippen LogP contribution in [0.3, 0.4) is 0 Å². The van der Waals surface area contributed by atoms with Gasteiger partial charge >= 0.3 is 0 Å². The van der Waals surface area contributed by atoms with Crippen LogP contribution in [-0.4, -0.2) is 23.9 Å². The first kappa shape index (κ1) is 13.5. The normalized spacial score (nSPS) is 18.4. The van der Waals surface area contributed by atoms with Crippen LogP contribution in [0.5, 0.6) is 0 Å². The van der Waals surface area contributed by atoms with Crippen LogP contribution >= 0.6 is 0 Å². The molecule has 1 aliphatic rings. The van der Waals surface area contributed by atoms with E-state index in [1.54, 1.807) is 26.0 Å². The third kappa shape index (κ3) is 2.19. The van der Waals surface area contributed by atoms with Gasteiger partial charge in [0.1, 0.15) is 11.4 Å². The molecule has 0 aromatic heterocycles. The van der Waals surface area contributed by atoms with E-state index in [4.69, 9.17) is 5.73 Å². The van der Waals surface area contributed by atoms with Gasteiger partial charge in [-0.3, -0.25) is 14.9 Å². The van der Waals surface area contributed by atoms with E-state index in [-0.39, 0.29) is 18.8 Å². The largest absolute Gasteiger partial charge is 0.345 e. The van der Waals surface area contributed by atoms with Gasteiger partial charge in [-0.1, -0.05) is 12.1 Å². The van der Waals surface area contributed by atoms with Crippen molar-refractivity contribution >= 4 is 17.5 Å². The van der Waals surface area contributed by atoms with Crippen LogP contribution in [0.4, 0.5) is 10.1 Å². The Kier molecular flexibility index (Phi) is 3.28. The Morgan fingerprint density at radius 3 is 2.74 bits per heavy atom. The van der Waals surface area contributed by atoms with Crippen molar-refractivity contribution in [1.29, 1.82) is 0 Å². The molecule has 3 N–H and O–H groups in total. The Balaban J connectivity index is 2.56. The summed E-state index contributed by atoms with van der Waals surface area (Å²) in [6, 6.07) is 4.53. The van der Waals surface area contributed by atoms with Crippen LogP contribution in [-0.2, 0) is 16.1 Å². The van der Waals surface area contributed by atoms with Crippen molar-refractivity contribution in [3.8, 4) is 0 Å². The van der Waals surface area contributed by atoms with Crippen molar-refractivity contribution in [1.82, 2.24) is 5.32 Å². The molecule has 0 bridgehead atoms. The fourth-order valence-corrected chi connectivity index (χ4v) is 2.17. The van der Waals surface area contributed by atoms with Gasteiger partial charge < -0.3 is 10.6 Å². The van der Waals surface area contributed by atoms with Crippen LogP contribution in [0.25, 0.3) is 0 Å². The molecule has 102 valence electrons. The van der Waals surface area contributed by atoms with Gasteiger partial charge in [0.05, 0.1) is 12.2 Å². The van der Waals surface area contributed by atoms with Crippen LogP contribution in [0.1, 0.15) is 19.4 Å². The number of amides is 2. The number of halogens is 1. The average Bonchev–Trinajstić information content (AvgIpc) is 2.34. The first-order chi connectivity index (χ1) is 8.87. The Bertz CT molecular complexity index is 543. The van der Waals surface area contributed by atoms with Crippen molar-refractivity contribution in [3.63, 3.8) is 0 Å². The number of hydrogen-bond acceptors (Lipinski definition) is 4. The number of imide groups is 1. The van der Waals surface area contributed by atoms with Gasteiger partial charge in [-0.25, -0.2) is 4.39 Å². The summed E-state index contributed by atoms with van der Waals surface area (Å²) in [5.41, 5.74) is 5.38. The fraction of sp³-hybridized carbons (Fsp3) is 0.385. The summed E-state index contributed by atoms with van der Waals surface area (Å²) in [6.45, 7) is 3.34. The molecule has 19 heavy (non-hydrogen) atoms. The van der Waals surface area contributed by atoms with Crippen LogP contribution in [0, 0.1) is 5.82 Å². The molecule has 1 aliphatic heterocycles. The number of para-hydroxylation sites is 1. The lowest BCUT2D eigenvalue weighted by atomic mass is 9.96. The molecular formula is C13H16FN3O2. The molecule has 5 nitrogen and oxygen atoms in total. The maximum atomic E-state index is 14.1. The lowest BCUT2D eigenvalue weighted by molar-refractivity contribution is -0.135. The fourth-order valence-electron chi connectivity index (χ4n) is 2.17. The maximum Gasteiger partial charge on any atom is 0.251 e. The van der Waals surface area contributed by atoms with Gasteiger partial charge in [0, 0.05) is 6.54 Å². The topological polar surface area (TPSA) is 75.4 Å². The lowest BCUT2D eigenvalue weighted by Gasteiger charge is -2.42. The van der Waals surface area contributed by atoms with E-state index in [0.29, 0.717) is 5.56 Å². The first-order valence-electron chi connectivity index (χ1n) is 5.97. The van der Waals surface area contributed by atoms with E-state index in [1.165, 1.54) is 11.0 Å². The van der Waals surface area contributed by atoms with Crippen molar-refractivity contribution in [2.24, 2.45) is 5.73 Å². The number of carbonyl (C=O) groups is 2. The van der Waals surface area contributed by atoms with E-state index >= 15 is 0 Å². The summed E-state index contributed by atoms with van der Waals surface area (Å²) < 4.78 is 14.1. The third-order valence-electron chi connectivity index (χ3n) is 3.35. The van der Waals surface area contributed by atoms with Gasteiger partial charge in [-0.05, 0) is 25.5 Å². The third-order valence-corrected chi connectivity index (χ3v) is 3.35. The molecule has 1 fully saturated rings. The number of nitrogens with two attached hydrogens (primary N) is 1. The summed E-state index contributed by atoms with van der Waals surface area (Å²) in [7, 11) is 0. The molecule has 1 heterocycles. The maximum absolute atomic E-state index is 14.1. The number of nitrogens with one attached hydrogen (secondary N) is 1. The van der Waals surface area contributed by atoms with Gasteiger partial charge in [0.15, 0.2) is 0 Å². The van der Waals surface area contributed by atoms with Gasteiger partial charge in [-0.15, -0.1) is 0 Å². The van der Waals surface area contributed by atoms with E-state index in [0.717, 1.165) is 0 Å². The molecule has 0 aliphatic carbocycles. The molecule has 0 unspecified atom stereocenters. The zero-order valence-electron chi connectivity index (χ0n) is 10.9. The SMILES string of the molecule is CC1(C)C(=O)NC(=O)CN1c1c(F)cccc1CN. The molecule has 1 aromatic rings. The molecule has 6 heteroatoms. The highest BCUT2D eigenvalue weighted by atomic mass is 19.1. The summed E-state index contributed by atoms with van der Waals surface area (Å²) >= 11 is 0. The lowest BCUT2D eigenvalue weighted by Crippen LogP contribution is -2.64. The van der Waals surface area contributed by atoms with E-state index in [9.17, 15) is 14.0 Å².